The summed E-state index contributed by atoms with van der Waals surface area (Å²) in [6.45, 7) is 0. The molecule has 1 fully saturated rings. The predicted molar refractivity (Wildman–Crippen MR) is 90.2 cm³/mol. The number of carbonyl (C=O) groups excluding carboxylic acids is 1. The molecule has 0 amide bonds. The van der Waals surface area contributed by atoms with E-state index >= 15 is 0 Å². The molecule has 1 aromatic rings. The van der Waals surface area contributed by atoms with Crippen LogP contribution in [0.5, 0.6) is 0 Å². The molecule has 1 aromatic carbocycles. The molecule has 0 heterocycles. The molecule has 6 heteroatoms. The van der Waals surface area contributed by atoms with Crippen molar-refractivity contribution in [3.8, 4) is 0 Å². The second kappa shape index (κ2) is 7.49. The Balaban J connectivity index is 2.18. The van der Waals surface area contributed by atoms with Gasteiger partial charge in [0.2, 0.25) is 0 Å². The van der Waals surface area contributed by atoms with E-state index in [2.05, 4.69) is 5.10 Å². The molecule has 1 aliphatic rings. The number of nitrogens with zero attached hydrogens (tertiary/aromatic N) is 3. The van der Waals surface area contributed by atoms with Gasteiger partial charge in [0.05, 0.1) is 4.92 Å². The van der Waals surface area contributed by atoms with Crippen LogP contribution in [-0.4, -0.2) is 36.0 Å². The van der Waals surface area contributed by atoms with Gasteiger partial charge in [0.1, 0.15) is 0 Å². The fourth-order valence-electron chi connectivity index (χ4n) is 2.35. The smallest absolute Gasteiger partial charge is 0.269 e. The topological polar surface area (TPSA) is 75.8 Å². The van der Waals surface area contributed by atoms with E-state index in [1.165, 1.54) is 12.1 Å². The van der Waals surface area contributed by atoms with Gasteiger partial charge in [-0.1, -0.05) is 0 Å². The van der Waals surface area contributed by atoms with Gasteiger partial charge in [0.25, 0.3) is 5.69 Å². The summed E-state index contributed by atoms with van der Waals surface area (Å²) in [6, 6.07) is 6.20. The molecule has 0 atom stereocenters. The standard InChI is InChI=1S/C17H19N3O3/c1-19(2)18-11-10-14-4-3-5-15(17(14)21)12-13-6-8-16(9-7-13)20(22)23/h6-12H,3-5H2,1-2H3/b14-10+,15-12+,18-11-. The molecule has 2 rings (SSSR count). The lowest BCUT2D eigenvalue weighted by atomic mass is 9.87. The van der Waals surface area contributed by atoms with Gasteiger partial charge in [-0.05, 0) is 49.1 Å². The number of carbonyl (C=O) groups is 1. The Morgan fingerprint density at radius 3 is 2.43 bits per heavy atom. The number of Topliss-reactive ketones (excluding diaryl/α,β-unsaturated/α-hetero) is 1. The number of benzene rings is 1. The molecular formula is C17H19N3O3. The van der Waals surface area contributed by atoms with Crippen molar-refractivity contribution >= 4 is 23.8 Å². The number of hydrazone groups is 1. The van der Waals surface area contributed by atoms with Crippen molar-refractivity contribution in [1.82, 2.24) is 5.01 Å². The molecule has 1 aliphatic carbocycles. The Bertz CT molecular complexity index is 686. The molecule has 1 saturated carbocycles. The molecule has 0 aromatic heterocycles. The maximum Gasteiger partial charge on any atom is 0.269 e. The molecular weight excluding hydrogens is 294 g/mol. The third-order valence-corrected chi connectivity index (χ3v) is 3.49. The molecule has 23 heavy (non-hydrogen) atoms. The number of allylic oxidation sites excluding steroid dienone is 3. The number of hydrogen-bond acceptors (Lipinski definition) is 5. The predicted octanol–water partition coefficient (Wildman–Crippen LogP) is 3.21. The Morgan fingerprint density at radius 2 is 1.83 bits per heavy atom. The van der Waals surface area contributed by atoms with Gasteiger partial charge >= 0.3 is 0 Å². The minimum absolute atomic E-state index is 0.0276. The van der Waals surface area contributed by atoms with Crippen LogP contribution in [-0.2, 0) is 4.79 Å². The molecule has 0 bridgehead atoms. The first-order valence-corrected chi connectivity index (χ1v) is 7.37. The fourth-order valence-corrected chi connectivity index (χ4v) is 2.35. The van der Waals surface area contributed by atoms with Gasteiger partial charge < -0.3 is 5.01 Å². The SMILES string of the molecule is CN(C)/N=C\C=C1/CCC/C(=C\c2ccc([N+](=O)[O-])cc2)C1=O. The highest BCUT2D eigenvalue weighted by atomic mass is 16.6. The highest BCUT2D eigenvalue weighted by Gasteiger charge is 2.20. The van der Waals surface area contributed by atoms with Crippen molar-refractivity contribution in [2.45, 2.75) is 19.3 Å². The monoisotopic (exact) mass is 313 g/mol. The summed E-state index contributed by atoms with van der Waals surface area (Å²) in [7, 11) is 3.63. The van der Waals surface area contributed by atoms with Crippen LogP contribution in [0, 0.1) is 10.1 Å². The van der Waals surface area contributed by atoms with E-state index in [-0.39, 0.29) is 11.5 Å². The highest BCUT2D eigenvalue weighted by Crippen LogP contribution is 2.26. The first-order chi connectivity index (χ1) is 11.0. The van der Waals surface area contributed by atoms with E-state index in [4.69, 9.17) is 0 Å². The van der Waals surface area contributed by atoms with E-state index in [0.717, 1.165) is 36.0 Å². The van der Waals surface area contributed by atoms with Crippen molar-refractivity contribution in [2.75, 3.05) is 14.1 Å². The molecule has 0 unspecified atom stereocenters. The van der Waals surface area contributed by atoms with Crippen molar-refractivity contribution in [3.05, 3.63) is 57.2 Å². The number of hydrogen-bond donors (Lipinski definition) is 0. The minimum Gasteiger partial charge on any atom is -0.303 e. The zero-order valence-corrected chi connectivity index (χ0v) is 13.2. The molecule has 0 radical (unpaired) electrons. The number of nitro groups is 1. The summed E-state index contributed by atoms with van der Waals surface area (Å²) in [4.78, 5) is 22.7. The number of nitro benzene ring substituents is 1. The zero-order chi connectivity index (χ0) is 16.8. The molecule has 120 valence electrons. The lowest BCUT2D eigenvalue weighted by Gasteiger charge is -2.16. The maximum absolute atomic E-state index is 12.5. The number of non-ortho nitro benzene ring substituents is 1. The van der Waals surface area contributed by atoms with Gasteiger partial charge in [-0.3, -0.25) is 14.9 Å². The maximum atomic E-state index is 12.5. The van der Waals surface area contributed by atoms with Crippen LogP contribution in [0.3, 0.4) is 0 Å². The van der Waals surface area contributed by atoms with Gasteiger partial charge in [0.15, 0.2) is 5.78 Å². The Kier molecular flexibility index (Phi) is 5.41. The first kappa shape index (κ1) is 16.6. The van der Waals surface area contributed by atoms with Crippen LogP contribution in [0.25, 0.3) is 6.08 Å². The largest absolute Gasteiger partial charge is 0.303 e. The third-order valence-electron chi connectivity index (χ3n) is 3.49. The quantitative estimate of drug-likeness (QED) is 0.370. The number of ketones is 1. The molecule has 0 spiro atoms. The van der Waals surface area contributed by atoms with Gasteiger partial charge in [-0.2, -0.15) is 5.10 Å². The summed E-state index contributed by atoms with van der Waals surface area (Å²) < 4.78 is 0. The Labute approximate surface area is 135 Å². The van der Waals surface area contributed by atoms with Crippen LogP contribution < -0.4 is 0 Å². The highest BCUT2D eigenvalue weighted by molar-refractivity contribution is 6.13. The fraction of sp³-hybridized carbons (Fsp3) is 0.294. The number of rotatable bonds is 4. The zero-order valence-electron chi connectivity index (χ0n) is 13.2. The van der Waals surface area contributed by atoms with E-state index in [0.29, 0.717) is 0 Å². The summed E-state index contributed by atoms with van der Waals surface area (Å²) in [5, 5.41) is 16.4. The van der Waals surface area contributed by atoms with Crippen molar-refractivity contribution < 1.29 is 9.72 Å². The van der Waals surface area contributed by atoms with Crippen LogP contribution in [0.15, 0.2) is 46.6 Å². The molecule has 0 aliphatic heterocycles. The average Bonchev–Trinajstić information content (AvgIpc) is 2.51. The first-order valence-electron chi connectivity index (χ1n) is 7.37. The minimum atomic E-state index is -0.437. The Hall–Kier alpha value is -2.76. The van der Waals surface area contributed by atoms with E-state index in [1.807, 2.05) is 20.2 Å². The summed E-state index contributed by atoms with van der Waals surface area (Å²) in [5.74, 6) is 0.0276. The molecule has 0 N–H and O–H groups in total. The van der Waals surface area contributed by atoms with Crippen molar-refractivity contribution in [2.24, 2.45) is 5.10 Å². The Morgan fingerprint density at radius 1 is 1.17 bits per heavy atom. The summed E-state index contributed by atoms with van der Waals surface area (Å²) >= 11 is 0. The molecule has 6 nitrogen and oxygen atoms in total. The van der Waals surface area contributed by atoms with Crippen molar-refractivity contribution in [3.63, 3.8) is 0 Å². The van der Waals surface area contributed by atoms with E-state index in [9.17, 15) is 14.9 Å². The lowest BCUT2D eigenvalue weighted by Crippen LogP contribution is -2.12. The van der Waals surface area contributed by atoms with E-state index in [1.54, 1.807) is 29.4 Å². The second-order valence-electron chi connectivity index (χ2n) is 5.50. The third kappa shape index (κ3) is 4.60. The van der Waals surface area contributed by atoms with Crippen LogP contribution in [0.2, 0.25) is 0 Å². The normalized spacial score (nSPS) is 18.8. The van der Waals surface area contributed by atoms with E-state index < -0.39 is 4.92 Å². The van der Waals surface area contributed by atoms with Gasteiger partial charge in [0, 0.05) is 43.6 Å². The van der Waals surface area contributed by atoms with Crippen LogP contribution >= 0.6 is 0 Å². The lowest BCUT2D eigenvalue weighted by molar-refractivity contribution is -0.384. The van der Waals surface area contributed by atoms with Gasteiger partial charge in [-0.15, -0.1) is 0 Å². The van der Waals surface area contributed by atoms with Crippen molar-refractivity contribution in [1.29, 1.82) is 0 Å². The van der Waals surface area contributed by atoms with Crippen LogP contribution in [0.1, 0.15) is 24.8 Å². The van der Waals surface area contributed by atoms with Crippen LogP contribution in [0.4, 0.5) is 5.69 Å². The average molecular weight is 313 g/mol. The summed E-state index contributed by atoms with van der Waals surface area (Å²) in [6.07, 6.45) is 7.56. The molecule has 0 saturated heterocycles. The summed E-state index contributed by atoms with van der Waals surface area (Å²) in [5.41, 5.74) is 2.31. The van der Waals surface area contributed by atoms with Gasteiger partial charge in [-0.25, -0.2) is 0 Å². The second-order valence-corrected chi connectivity index (χ2v) is 5.50.